The average molecular weight is 267 g/mol. The molecule has 4 heteroatoms. The zero-order valence-electron chi connectivity index (χ0n) is 11.1. The van der Waals surface area contributed by atoms with Crippen molar-refractivity contribution in [2.24, 2.45) is 0 Å². The fourth-order valence-corrected chi connectivity index (χ4v) is 3.60. The van der Waals surface area contributed by atoms with Crippen LogP contribution < -0.4 is 5.32 Å². The van der Waals surface area contributed by atoms with Gasteiger partial charge in [-0.2, -0.15) is 0 Å². The van der Waals surface area contributed by atoms with Gasteiger partial charge >= 0.3 is 0 Å². The highest BCUT2D eigenvalue weighted by molar-refractivity contribution is 7.90. The van der Waals surface area contributed by atoms with E-state index >= 15 is 0 Å². The van der Waals surface area contributed by atoms with E-state index in [-0.39, 0.29) is 0 Å². The van der Waals surface area contributed by atoms with Crippen LogP contribution in [-0.4, -0.2) is 27.3 Å². The van der Waals surface area contributed by atoms with Crippen LogP contribution in [0.25, 0.3) is 0 Å². The van der Waals surface area contributed by atoms with E-state index in [0.717, 1.165) is 18.5 Å². The van der Waals surface area contributed by atoms with Gasteiger partial charge in [0.15, 0.2) is 9.84 Å². The molecule has 18 heavy (non-hydrogen) atoms. The molecule has 0 amide bonds. The second-order valence-corrected chi connectivity index (χ2v) is 7.21. The molecule has 1 fully saturated rings. The molecule has 1 atom stereocenters. The van der Waals surface area contributed by atoms with Gasteiger partial charge in [-0.1, -0.05) is 18.6 Å². The molecule has 3 nitrogen and oxygen atoms in total. The summed E-state index contributed by atoms with van der Waals surface area (Å²) in [7, 11) is -3.10. The normalized spacial score (nSPS) is 20.9. The minimum Gasteiger partial charge on any atom is -0.314 e. The Labute approximate surface area is 110 Å². The van der Waals surface area contributed by atoms with Crippen LogP contribution in [0.3, 0.4) is 0 Å². The second kappa shape index (κ2) is 5.41. The van der Waals surface area contributed by atoms with Crippen LogP contribution in [0.15, 0.2) is 23.1 Å². The molecular weight excluding hydrogens is 246 g/mol. The predicted molar refractivity (Wildman–Crippen MR) is 73.6 cm³/mol. The van der Waals surface area contributed by atoms with Crippen LogP contribution in [0.5, 0.6) is 0 Å². The Balaban J connectivity index is 2.13. The van der Waals surface area contributed by atoms with Crippen molar-refractivity contribution < 1.29 is 8.42 Å². The van der Waals surface area contributed by atoms with Crippen LogP contribution in [0.4, 0.5) is 0 Å². The highest BCUT2D eigenvalue weighted by atomic mass is 32.2. The van der Waals surface area contributed by atoms with Crippen LogP contribution in [0, 0.1) is 6.92 Å². The molecular formula is C14H21NO2S. The van der Waals surface area contributed by atoms with E-state index in [2.05, 4.69) is 5.32 Å². The Bertz CT molecular complexity index is 517. The summed E-state index contributed by atoms with van der Waals surface area (Å²) >= 11 is 0. The Morgan fingerprint density at radius 1 is 1.33 bits per heavy atom. The smallest absolute Gasteiger partial charge is 0.175 e. The summed E-state index contributed by atoms with van der Waals surface area (Å²) < 4.78 is 23.1. The van der Waals surface area contributed by atoms with Crippen molar-refractivity contribution in [3.05, 3.63) is 29.3 Å². The number of sulfone groups is 1. The summed E-state index contributed by atoms with van der Waals surface area (Å²) in [6.07, 6.45) is 6.02. The van der Waals surface area contributed by atoms with E-state index in [0.29, 0.717) is 10.9 Å². The molecule has 1 unspecified atom stereocenters. The van der Waals surface area contributed by atoms with Crippen molar-refractivity contribution in [3.8, 4) is 0 Å². The number of piperidine rings is 1. The lowest BCUT2D eigenvalue weighted by Crippen LogP contribution is -2.35. The summed E-state index contributed by atoms with van der Waals surface area (Å²) in [4.78, 5) is 0.447. The molecule has 0 saturated carbocycles. The van der Waals surface area contributed by atoms with Crippen molar-refractivity contribution in [1.82, 2.24) is 5.32 Å². The van der Waals surface area contributed by atoms with Crippen LogP contribution >= 0.6 is 0 Å². The van der Waals surface area contributed by atoms with Gasteiger partial charge in [0.1, 0.15) is 0 Å². The Kier molecular flexibility index (Phi) is 4.07. The summed E-state index contributed by atoms with van der Waals surface area (Å²) in [5, 5.41) is 3.51. The Morgan fingerprint density at radius 3 is 2.67 bits per heavy atom. The second-order valence-electron chi connectivity index (χ2n) is 5.22. The maximum absolute atomic E-state index is 11.5. The van der Waals surface area contributed by atoms with Gasteiger partial charge in [0.25, 0.3) is 0 Å². The minimum atomic E-state index is -3.10. The van der Waals surface area contributed by atoms with Crippen molar-refractivity contribution in [2.45, 2.75) is 43.5 Å². The summed E-state index contributed by atoms with van der Waals surface area (Å²) in [6.45, 7) is 2.97. The maximum Gasteiger partial charge on any atom is 0.175 e. The third-order valence-electron chi connectivity index (χ3n) is 3.53. The lowest BCUT2D eigenvalue weighted by atomic mass is 9.97. The van der Waals surface area contributed by atoms with Crippen molar-refractivity contribution >= 4 is 9.84 Å². The number of benzene rings is 1. The summed E-state index contributed by atoms with van der Waals surface area (Å²) in [5.41, 5.74) is 2.07. The van der Waals surface area contributed by atoms with Gasteiger partial charge in [0.05, 0.1) is 4.90 Å². The van der Waals surface area contributed by atoms with Gasteiger partial charge in [-0.05, 0) is 49.9 Å². The summed E-state index contributed by atoms with van der Waals surface area (Å²) in [6, 6.07) is 6.23. The molecule has 100 valence electrons. The fraction of sp³-hybridized carbons (Fsp3) is 0.571. The van der Waals surface area contributed by atoms with Crippen molar-refractivity contribution in [2.75, 3.05) is 12.8 Å². The maximum atomic E-state index is 11.5. The highest BCUT2D eigenvalue weighted by Crippen LogP contribution is 2.19. The topological polar surface area (TPSA) is 46.2 Å². The van der Waals surface area contributed by atoms with Gasteiger partial charge in [0, 0.05) is 12.3 Å². The number of nitrogens with one attached hydrogen (secondary N) is 1. The number of rotatable bonds is 3. The molecule has 1 aromatic rings. The van der Waals surface area contributed by atoms with E-state index in [4.69, 9.17) is 0 Å². The number of hydrogen-bond donors (Lipinski definition) is 1. The van der Waals surface area contributed by atoms with E-state index < -0.39 is 9.84 Å². The third kappa shape index (κ3) is 3.33. The molecule has 0 radical (unpaired) electrons. The average Bonchev–Trinajstić information content (AvgIpc) is 2.28. The van der Waals surface area contributed by atoms with Crippen molar-refractivity contribution in [1.29, 1.82) is 0 Å². The van der Waals surface area contributed by atoms with E-state index in [1.807, 2.05) is 19.1 Å². The van der Waals surface area contributed by atoms with Crippen LogP contribution in [-0.2, 0) is 16.3 Å². The first-order chi connectivity index (χ1) is 8.47. The Morgan fingerprint density at radius 2 is 2.11 bits per heavy atom. The largest absolute Gasteiger partial charge is 0.314 e. The number of aryl methyl sites for hydroxylation is 1. The molecule has 1 N–H and O–H groups in total. The quantitative estimate of drug-likeness (QED) is 0.912. The standard InChI is InChI=1S/C14H21NO2S/c1-11-9-12(6-7-14(11)18(2,16)17)10-13-5-3-4-8-15-13/h6-7,9,13,15H,3-5,8,10H2,1-2H3. The SMILES string of the molecule is Cc1cc(CC2CCCCN2)ccc1S(C)(=O)=O. The van der Waals surface area contributed by atoms with E-state index in [9.17, 15) is 8.42 Å². The van der Waals surface area contributed by atoms with Gasteiger partial charge < -0.3 is 5.32 Å². The molecule has 0 aliphatic carbocycles. The predicted octanol–water partition coefficient (Wildman–Crippen LogP) is 2.08. The van der Waals surface area contributed by atoms with Gasteiger partial charge in [-0.25, -0.2) is 8.42 Å². The highest BCUT2D eigenvalue weighted by Gasteiger charge is 2.15. The molecule has 1 aliphatic heterocycles. The van der Waals surface area contributed by atoms with Crippen LogP contribution in [0.2, 0.25) is 0 Å². The molecule has 0 aromatic heterocycles. The molecule has 1 heterocycles. The van der Waals surface area contributed by atoms with Crippen LogP contribution in [0.1, 0.15) is 30.4 Å². The Hall–Kier alpha value is -0.870. The lowest BCUT2D eigenvalue weighted by molar-refractivity contribution is 0.399. The van der Waals surface area contributed by atoms with Gasteiger partial charge in [-0.3, -0.25) is 0 Å². The van der Waals surface area contributed by atoms with E-state index in [1.165, 1.54) is 31.1 Å². The van der Waals surface area contributed by atoms with Gasteiger partial charge in [-0.15, -0.1) is 0 Å². The fourth-order valence-electron chi connectivity index (χ4n) is 2.64. The van der Waals surface area contributed by atoms with Crippen molar-refractivity contribution in [3.63, 3.8) is 0 Å². The van der Waals surface area contributed by atoms with E-state index in [1.54, 1.807) is 6.07 Å². The molecule has 0 bridgehead atoms. The molecule has 1 aliphatic rings. The molecule has 1 aromatic carbocycles. The first-order valence-corrected chi connectivity index (χ1v) is 8.39. The van der Waals surface area contributed by atoms with Gasteiger partial charge in [0.2, 0.25) is 0 Å². The summed E-state index contributed by atoms with van der Waals surface area (Å²) in [5.74, 6) is 0. The molecule has 0 spiro atoms. The minimum absolute atomic E-state index is 0.447. The first kappa shape index (κ1) is 13.6. The molecule has 2 rings (SSSR count). The monoisotopic (exact) mass is 267 g/mol. The number of hydrogen-bond acceptors (Lipinski definition) is 3. The zero-order valence-corrected chi connectivity index (χ0v) is 11.9. The lowest BCUT2D eigenvalue weighted by Gasteiger charge is -2.23. The first-order valence-electron chi connectivity index (χ1n) is 6.50. The molecule has 1 saturated heterocycles. The zero-order chi connectivity index (χ0) is 13.2. The third-order valence-corrected chi connectivity index (χ3v) is 4.79.